The molecule has 32 heavy (non-hydrogen) atoms. The molecule has 1 aliphatic heterocycles. The van der Waals surface area contributed by atoms with E-state index in [1.54, 1.807) is 21.3 Å². The van der Waals surface area contributed by atoms with Crippen LogP contribution in [0.5, 0.6) is 23.0 Å². The van der Waals surface area contributed by atoms with Crippen molar-refractivity contribution in [2.45, 2.75) is 19.4 Å². The van der Waals surface area contributed by atoms with E-state index in [0.29, 0.717) is 17.2 Å². The average Bonchev–Trinajstić information content (AvgIpc) is 2.83. The topological polar surface area (TPSA) is 51.2 Å². The number of hydrogen-bond donors (Lipinski definition) is 1. The molecule has 168 valence electrons. The van der Waals surface area contributed by atoms with Gasteiger partial charge in [-0.05, 0) is 59.9 Å². The summed E-state index contributed by atoms with van der Waals surface area (Å²) in [4.78, 5) is 2.42. The number of aromatic hydroxyl groups is 1. The van der Waals surface area contributed by atoms with Crippen LogP contribution in [0, 0.1) is 0 Å². The van der Waals surface area contributed by atoms with E-state index in [9.17, 15) is 5.11 Å². The minimum atomic E-state index is 0.134. The molecule has 1 aliphatic rings. The Labute approximate surface area is 194 Å². The van der Waals surface area contributed by atoms with Crippen molar-refractivity contribution >= 4 is 11.6 Å². The number of benzene rings is 3. The predicted molar refractivity (Wildman–Crippen MR) is 127 cm³/mol. The molecule has 1 heterocycles. The Bertz CT molecular complexity index is 1100. The van der Waals surface area contributed by atoms with E-state index in [4.69, 9.17) is 25.8 Å². The number of nitrogens with zero attached hydrogens (tertiary/aromatic N) is 1. The molecule has 0 aromatic heterocycles. The van der Waals surface area contributed by atoms with Gasteiger partial charge in [-0.15, -0.1) is 0 Å². The largest absolute Gasteiger partial charge is 0.504 e. The Hall–Kier alpha value is -2.89. The van der Waals surface area contributed by atoms with Crippen LogP contribution in [0.1, 0.15) is 16.7 Å². The second-order valence-electron chi connectivity index (χ2n) is 7.91. The standard InChI is InChI=1S/C26H28ClNO4/c1-30-20-8-9-21(23(15-20)31-2)25-22-16-28(12-10-17-4-6-19(27)7-5-17)13-11-18(22)14-24(32-3)26(25)29/h4-9,14-15,29H,10-13,16H2,1-3H3. The second kappa shape index (κ2) is 9.72. The van der Waals surface area contributed by atoms with Crippen molar-refractivity contribution in [2.24, 2.45) is 0 Å². The maximum atomic E-state index is 11.1. The fraction of sp³-hybridized carbons (Fsp3) is 0.308. The van der Waals surface area contributed by atoms with E-state index in [1.807, 2.05) is 36.4 Å². The first-order valence-corrected chi connectivity index (χ1v) is 11.0. The van der Waals surface area contributed by atoms with Crippen LogP contribution >= 0.6 is 11.6 Å². The molecular weight excluding hydrogens is 426 g/mol. The van der Waals surface area contributed by atoms with E-state index >= 15 is 0 Å². The normalized spacial score (nSPS) is 13.5. The van der Waals surface area contributed by atoms with Crippen molar-refractivity contribution in [2.75, 3.05) is 34.4 Å². The van der Waals surface area contributed by atoms with Crippen LogP contribution in [-0.2, 0) is 19.4 Å². The van der Waals surface area contributed by atoms with Gasteiger partial charge in [0.25, 0.3) is 0 Å². The summed E-state index contributed by atoms with van der Waals surface area (Å²) in [5, 5.41) is 11.9. The van der Waals surface area contributed by atoms with Crippen LogP contribution in [-0.4, -0.2) is 44.4 Å². The van der Waals surface area contributed by atoms with Crippen LogP contribution < -0.4 is 14.2 Å². The van der Waals surface area contributed by atoms with E-state index in [1.165, 1.54) is 11.1 Å². The first kappa shape index (κ1) is 22.3. The van der Waals surface area contributed by atoms with Crippen molar-refractivity contribution in [3.8, 4) is 34.1 Å². The molecule has 5 nitrogen and oxygen atoms in total. The smallest absolute Gasteiger partial charge is 0.166 e. The Morgan fingerprint density at radius 3 is 2.38 bits per heavy atom. The molecule has 0 aliphatic carbocycles. The molecule has 1 N–H and O–H groups in total. The van der Waals surface area contributed by atoms with Crippen LogP contribution in [0.4, 0.5) is 0 Å². The zero-order valence-corrected chi connectivity index (χ0v) is 19.4. The predicted octanol–water partition coefficient (Wildman–Crippen LogP) is 5.34. The summed E-state index contributed by atoms with van der Waals surface area (Å²) in [6.07, 6.45) is 1.83. The maximum absolute atomic E-state index is 11.1. The summed E-state index contributed by atoms with van der Waals surface area (Å²) in [5.74, 6) is 1.96. The first-order valence-electron chi connectivity index (χ1n) is 10.6. The van der Waals surface area contributed by atoms with Crippen LogP contribution in [0.3, 0.4) is 0 Å². The quantitative estimate of drug-likeness (QED) is 0.523. The summed E-state index contributed by atoms with van der Waals surface area (Å²) in [7, 11) is 4.83. The van der Waals surface area contributed by atoms with Crippen molar-refractivity contribution in [3.05, 3.63) is 70.2 Å². The Morgan fingerprint density at radius 1 is 0.938 bits per heavy atom. The zero-order valence-electron chi connectivity index (χ0n) is 18.7. The van der Waals surface area contributed by atoms with Gasteiger partial charge in [-0.25, -0.2) is 0 Å². The summed E-state index contributed by atoms with van der Waals surface area (Å²) >= 11 is 6.01. The fourth-order valence-electron chi connectivity index (χ4n) is 4.31. The molecule has 0 fully saturated rings. The Kier molecular flexibility index (Phi) is 6.77. The average molecular weight is 454 g/mol. The molecule has 4 rings (SSSR count). The third kappa shape index (κ3) is 4.50. The lowest BCUT2D eigenvalue weighted by molar-refractivity contribution is 0.256. The van der Waals surface area contributed by atoms with Gasteiger partial charge in [0, 0.05) is 41.9 Å². The first-order chi connectivity index (χ1) is 15.5. The number of fused-ring (bicyclic) bond motifs is 1. The molecule has 0 unspecified atom stereocenters. The molecule has 0 radical (unpaired) electrons. The number of ether oxygens (including phenoxy) is 3. The lowest BCUT2D eigenvalue weighted by Gasteiger charge is -2.31. The van der Waals surface area contributed by atoms with Gasteiger partial charge in [-0.3, -0.25) is 4.90 Å². The molecule has 0 spiro atoms. The van der Waals surface area contributed by atoms with Gasteiger partial charge in [0.1, 0.15) is 11.5 Å². The molecule has 0 saturated heterocycles. The maximum Gasteiger partial charge on any atom is 0.166 e. The van der Waals surface area contributed by atoms with Crippen LogP contribution in [0.25, 0.3) is 11.1 Å². The van der Waals surface area contributed by atoms with Crippen LogP contribution in [0.15, 0.2) is 48.5 Å². The highest BCUT2D eigenvalue weighted by Crippen LogP contribution is 2.47. The number of phenolic OH excluding ortho intramolecular Hbond substituents is 1. The number of rotatable bonds is 7. The van der Waals surface area contributed by atoms with Crippen molar-refractivity contribution in [1.82, 2.24) is 4.90 Å². The van der Waals surface area contributed by atoms with E-state index < -0.39 is 0 Å². The van der Waals surface area contributed by atoms with Crippen molar-refractivity contribution in [1.29, 1.82) is 0 Å². The molecule has 3 aromatic carbocycles. The van der Waals surface area contributed by atoms with E-state index in [2.05, 4.69) is 17.0 Å². The van der Waals surface area contributed by atoms with Crippen molar-refractivity contribution in [3.63, 3.8) is 0 Å². The van der Waals surface area contributed by atoms with Gasteiger partial charge in [0.05, 0.1) is 21.3 Å². The SMILES string of the molecule is COc1ccc(-c2c(O)c(OC)cc3c2CN(CCc2ccc(Cl)cc2)CC3)c(OC)c1. The molecule has 3 aromatic rings. The molecule has 0 saturated carbocycles. The summed E-state index contributed by atoms with van der Waals surface area (Å²) in [6, 6.07) is 15.6. The molecule has 0 bridgehead atoms. The molecule has 6 heteroatoms. The van der Waals surface area contributed by atoms with Gasteiger partial charge in [0.2, 0.25) is 0 Å². The van der Waals surface area contributed by atoms with Crippen molar-refractivity contribution < 1.29 is 19.3 Å². The van der Waals surface area contributed by atoms with Crippen LogP contribution in [0.2, 0.25) is 5.02 Å². The Balaban J connectivity index is 1.69. The van der Waals surface area contributed by atoms with Gasteiger partial charge >= 0.3 is 0 Å². The zero-order chi connectivity index (χ0) is 22.7. The lowest BCUT2D eigenvalue weighted by atomic mass is 9.89. The highest BCUT2D eigenvalue weighted by molar-refractivity contribution is 6.30. The monoisotopic (exact) mass is 453 g/mol. The third-order valence-corrected chi connectivity index (χ3v) is 6.32. The molecule has 0 amide bonds. The minimum Gasteiger partial charge on any atom is -0.504 e. The van der Waals surface area contributed by atoms with E-state index in [0.717, 1.165) is 54.2 Å². The second-order valence-corrected chi connectivity index (χ2v) is 8.35. The highest BCUT2D eigenvalue weighted by Gasteiger charge is 2.26. The number of halogens is 1. The summed E-state index contributed by atoms with van der Waals surface area (Å²) in [6.45, 7) is 2.62. The fourth-order valence-corrected chi connectivity index (χ4v) is 4.43. The Morgan fingerprint density at radius 2 is 1.69 bits per heavy atom. The summed E-state index contributed by atoms with van der Waals surface area (Å²) < 4.78 is 16.5. The third-order valence-electron chi connectivity index (χ3n) is 6.07. The highest BCUT2D eigenvalue weighted by atomic mass is 35.5. The number of hydrogen-bond acceptors (Lipinski definition) is 5. The van der Waals surface area contributed by atoms with Gasteiger partial charge < -0.3 is 19.3 Å². The molecular formula is C26H28ClNO4. The van der Waals surface area contributed by atoms with Gasteiger partial charge in [-0.1, -0.05) is 23.7 Å². The summed E-state index contributed by atoms with van der Waals surface area (Å²) in [5.41, 5.74) is 5.13. The minimum absolute atomic E-state index is 0.134. The lowest BCUT2D eigenvalue weighted by Crippen LogP contribution is -2.32. The number of methoxy groups -OCH3 is 3. The number of phenols is 1. The molecule has 0 atom stereocenters. The van der Waals surface area contributed by atoms with Gasteiger partial charge in [-0.2, -0.15) is 0 Å². The van der Waals surface area contributed by atoms with Gasteiger partial charge in [0.15, 0.2) is 11.5 Å². The van der Waals surface area contributed by atoms with E-state index in [-0.39, 0.29) is 5.75 Å².